The van der Waals surface area contributed by atoms with Gasteiger partial charge in [-0.15, -0.1) is 0 Å². The van der Waals surface area contributed by atoms with Crippen LogP contribution in [-0.4, -0.2) is 12.3 Å². The molecular weight excluding hydrogens is 196 g/mol. The minimum absolute atomic E-state index is 0.223. The largest absolute Gasteiger partial charge is 0.311 e. The third kappa shape index (κ3) is 2.72. The number of aryl methyl sites for hydroxylation is 1. The van der Waals surface area contributed by atoms with E-state index < -0.39 is 18.8 Å². The van der Waals surface area contributed by atoms with E-state index in [0.29, 0.717) is 0 Å². The fraction of sp³-hybridized carbons (Fsp3) is 0.400. The smallest absolute Gasteiger partial charge is 0.204 e. The van der Waals surface area contributed by atoms with Crippen LogP contribution >= 0.6 is 0 Å². The predicted molar refractivity (Wildman–Crippen MR) is 45.8 cm³/mol. The van der Waals surface area contributed by atoms with Crippen molar-refractivity contribution in [1.29, 1.82) is 0 Å². The maximum Gasteiger partial charge on any atom is 0.311 e. The van der Waals surface area contributed by atoms with Gasteiger partial charge in [-0.3, -0.25) is 0 Å². The topological polar surface area (TPSA) is 0 Å². The molecule has 0 atom stereocenters. The molecule has 0 fully saturated rings. The molecule has 0 unspecified atom stereocenters. The van der Waals surface area contributed by atoms with Crippen LogP contribution in [0.1, 0.15) is 11.1 Å². The molecule has 1 aromatic rings. The number of hydrogen-bond acceptors (Lipinski definition) is 0. The summed E-state index contributed by atoms with van der Waals surface area (Å²) in [4.78, 5) is 0. The lowest BCUT2D eigenvalue weighted by molar-refractivity contribution is -0.127. The van der Waals surface area contributed by atoms with E-state index in [2.05, 4.69) is 0 Å². The molecule has 0 nitrogen and oxygen atoms in total. The van der Waals surface area contributed by atoms with E-state index in [1.165, 1.54) is 12.1 Å². The maximum atomic E-state index is 12.6. The highest BCUT2D eigenvalue weighted by Gasteiger charge is 2.40. The zero-order valence-corrected chi connectivity index (χ0v) is 7.61. The third-order valence-corrected chi connectivity index (χ3v) is 1.88. The van der Waals surface area contributed by atoms with Crippen LogP contribution in [0.4, 0.5) is 17.6 Å². The average molecular weight is 206 g/mol. The highest BCUT2D eigenvalue weighted by atomic mass is 19.3. The molecule has 0 spiro atoms. The first-order valence-corrected chi connectivity index (χ1v) is 4.13. The summed E-state index contributed by atoms with van der Waals surface area (Å²) in [5.74, 6) is -3.94. The summed E-state index contributed by atoms with van der Waals surface area (Å²) in [5.41, 5.74) is 1.13. The van der Waals surface area contributed by atoms with E-state index in [1.54, 1.807) is 19.1 Å². The van der Waals surface area contributed by atoms with Gasteiger partial charge in [0.1, 0.15) is 0 Å². The molecule has 0 amide bonds. The molecule has 0 aliphatic heterocycles. The highest BCUT2D eigenvalue weighted by Crippen LogP contribution is 2.27. The lowest BCUT2D eigenvalue weighted by Gasteiger charge is -2.14. The van der Waals surface area contributed by atoms with Crippen molar-refractivity contribution in [3.63, 3.8) is 0 Å². The Morgan fingerprint density at radius 1 is 1.14 bits per heavy atom. The Balaban J connectivity index is 2.74. The van der Waals surface area contributed by atoms with Crippen molar-refractivity contribution < 1.29 is 17.6 Å². The first-order valence-electron chi connectivity index (χ1n) is 4.13. The SMILES string of the molecule is Cc1ccc(CC(F)(F)C(F)F)cc1. The Hall–Kier alpha value is -1.06. The molecule has 14 heavy (non-hydrogen) atoms. The summed E-state index contributed by atoms with van der Waals surface area (Å²) >= 11 is 0. The Bertz CT molecular complexity index is 289. The van der Waals surface area contributed by atoms with E-state index >= 15 is 0 Å². The molecule has 0 aliphatic carbocycles. The van der Waals surface area contributed by atoms with E-state index in [4.69, 9.17) is 0 Å². The van der Waals surface area contributed by atoms with Gasteiger partial charge in [0.05, 0.1) is 0 Å². The summed E-state index contributed by atoms with van der Waals surface area (Å²) < 4.78 is 48.8. The molecule has 4 heteroatoms. The number of benzene rings is 1. The van der Waals surface area contributed by atoms with Crippen LogP contribution in [0.3, 0.4) is 0 Å². The van der Waals surface area contributed by atoms with Gasteiger partial charge in [0.15, 0.2) is 0 Å². The molecule has 78 valence electrons. The molecule has 0 aromatic heterocycles. The van der Waals surface area contributed by atoms with Gasteiger partial charge >= 0.3 is 12.3 Å². The van der Waals surface area contributed by atoms with Gasteiger partial charge in [-0.2, -0.15) is 8.78 Å². The van der Waals surface area contributed by atoms with Crippen LogP contribution < -0.4 is 0 Å². The van der Waals surface area contributed by atoms with Crippen LogP contribution in [0.25, 0.3) is 0 Å². The molecule has 0 heterocycles. The first-order chi connectivity index (χ1) is 6.42. The van der Waals surface area contributed by atoms with Gasteiger partial charge in [-0.05, 0) is 12.5 Å². The summed E-state index contributed by atoms with van der Waals surface area (Å²) in [7, 11) is 0. The summed E-state index contributed by atoms with van der Waals surface area (Å²) in [6, 6.07) is 6.12. The maximum absolute atomic E-state index is 12.6. The van der Waals surface area contributed by atoms with Gasteiger partial charge in [0, 0.05) is 6.42 Å². The Morgan fingerprint density at radius 3 is 2.07 bits per heavy atom. The Kier molecular flexibility index (Phi) is 3.13. The first kappa shape index (κ1) is 11.0. The van der Waals surface area contributed by atoms with Crippen LogP contribution in [0.5, 0.6) is 0 Å². The second-order valence-corrected chi connectivity index (χ2v) is 3.22. The molecule has 1 rings (SSSR count). The van der Waals surface area contributed by atoms with Crippen molar-refractivity contribution in [3.8, 4) is 0 Å². The van der Waals surface area contributed by atoms with E-state index in [-0.39, 0.29) is 5.56 Å². The molecule has 0 radical (unpaired) electrons. The van der Waals surface area contributed by atoms with Gasteiger partial charge < -0.3 is 0 Å². The number of hydrogen-bond donors (Lipinski definition) is 0. The number of rotatable bonds is 3. The normalized spacial score (nSPS) is 12.1. The minimum atomic E-state index is -3.94. The van der Waals surface area contributed by atoms with Crippen molar-refractivity contribution in [3.05, 3.63) is 35.4 Å². The van der Waals surface area contributed by atoms with Crippen LogP contribution in [0.15, 0.2) is 24.3 Å². The molecule has 1 aromatic carbocycles. The van der Waals surface area contributed by atoms with Crippen molar-refractivity contribution >= 4 is 0 Å². The van der Waals surface area contributed by atoms with Crippen molar-refractivity contribution in [1.82, 2.24) is 0 Å². The van der Waals surface area contributed by atoms with Gasteiger partial charge in [0.25, 0.3) is 0 Å². The molecule has 0 bridgehead atoms. The summed E-state index contributed by atoms with van der Waals surface area (Å²) in [6.45, 7) is 1.80. The lowest BCUT2D eigenvalue weighted by atomic mass is 10.1. The third-order valence-electron chi connectivity index (χ3n) is 1.88. The molecule has 0 saturated heterocycles. The number of alkyl halides is 4. The Labute approximate surface area is 79.6 Å². The van der Waals surface area contributed by atoms with Crippen molar-refractivity contribution in [2.45, 2.75) is 25.7 Å². The second-order valence-electron chi connectivity index (χ2n) is 3.22. The standard InChI is InChI=1S/C10H10F4/c1-7-2-4-8(5-3-7)6-10(13,14)9(11)12/h2-5,9H,6H2,1H3. The summed E-state index contributed by atoms with van der Waals surface area (Å²) in [5, 5.41) is 0. The fourth-order valence-corrected chi connectivity index (χ4v) is 1.06. The van der Waals surface area contributed by atoms with Crippen LogP contribution in [0.2, 0.25) is 0 Å². The molecule has 0 saturated carbocycles. The molecule has 0 aliphatic rings. The monoisotopic (exact) mass is 206 g/mol. The van der Waals surface area contributed by atoms with E-state index in [0.717, 1.165) is 5.56 Å². The highest BCUT2D eigenvalue weighted by molar-refractivity contribution is 5.22. The number of halogens is 4. The van der Waals surface area contributed by atoms with Crippen molar-refractivity contribution in [2.24, 2.45) is 0 Å². The van der Waals surface area contributed by atoms with Gasteiger partial charge in [-0.1, -0.05) is 29.8 Å². The van der Waals surface area contributed by atoms with Crippen LogP contribution in [0, 0.1) is 6.92 Å². The minimum Gasteiger partial charge on any atom is -0.204 e. The molecule has 0 N–H and O–H groups in total. The second kappa shape index (κ2) is 3.98. The Morgan fingerprint density at radius 2 is 1.64 bits per heavy atom. The van der Waals surface area contributed by atoms with Crippen molar-refractivity contribution in [2.75, 3.05) is 0 Å². The van der Waals surface area contributed by atoms with Gasteiger partial charge in [-0.25, -0.2) is 8.78 Å². The van der Waals surface area contributed by atoms with E-state index in [9.17, 15) is 17.6 Å². The zero-order chi connectivity index (χ0) is 10.8. The van der Waals surface area contributed by atoms with Crippen LogP contribution in [-0.2, 0) is 6.42 Å². The predicted octanol–water partition coefficient (Wildman–Crippen LogP) is 3.44. The van der Waals surface area contributed by atoms with Gasteiger partial charge in [0.2, 0.25) is 0 Å². The molecular formula is C10H10F4. The summed E-state index contributed by atoms with van der Waals surface area (Å²) in [6.07, 6.45) is -4.52. The lowest BCUT2D eigenvalue weighted by Crippen LogP contribution is -2.29. The van der Waals surface area contributed by atoms with E-state index in [1.807, 2.05) is 0 Å². The quantitative estimate of drug-likeness (QED) is 0.664. The zero-order valence-electron chi connectivity index (χ0n) is 7.61. The average Bonchev–Trinajstić information content (AvgIpc) is 2.08. The fourth-order valence-electron chi connectivity index (χ4n) is 1.06.